The van der Waals surface area contributed by atoms with Crippen LogP contribution in [0.5, 0.6) is 0 Å². The van der Waals surface area contributed by atoms with Crippen molar-refractivity contribution in [1.29, 1.82) is 0 Å². The van der Waals surface area contributed by atoms with Gasteiger partial charge in [-0.1, -0.05) is 5.11 Å². The number of ether oxygens (including phenoxy) is 3. The molecule has 2 aromatic heterocycles. The molecule has 0 saturated carbocycles. The minimum absolute atomic E-state index is 0.0142. The molecule has 0 radical (unpaired) electrons. The number of amides is 2. The van der Waals surface area contributed by atoms with E-state index in [1.54, 1.807) is 6.20 Å². The molecule has 20 heteroatoms. The average Bonchev–Trinajstić information content (AvgIpc) is 3.65. The molecule has 1 fully saturated rings. The number of nitrogens with two attached hydrogens (primary N) is 1. The second-order valence-electron chi connectivity index (χ2n) is 10.3. The molecular weight excluding hydrogens is 643 g/mol. The third kappa shape index (κ3) is 9.95. The first-order valence-electron chi connectivity index (χ1n) is 14.6. The van der Waals surface area contributed by atoms with Gasteiger partial charge in [0.15, 0.2) is 0 Å². The number of nitrogens with zero attached hydrogens (tertiary/aromatic N) is 5. The zero-order valence-electron chi connectivity index (χ0n) is 25.2. The Morgan fingerprint density at radius 3 is 2.43 bits per heavy atom. The molecule has 1 saturated heterocycles. The highest BCUT2D eigenvalue weighted by atomic mass is 32.3. The van der Waals surface area contributed by atoms with Crippen molar-refractivity contribution in [1.82, 2.24) is 30.5 Å². The maximum Gasteiger partial charge on any atom is 0.332 e. The number of hydrogen-bond acceptors (Lipinski definition) is 12. The molecule has 0 unspecified atom stereocenters. The number of aromatic nitrogens is 3. The lowest BCUT2D eigenvalue weighted by Crippen LogP contribution is -2.46. The van der Waals surface area contributed by atoms with Gasteiger partial charge in [-0.15, -0.1) is 3.89 Å². The monoisotopic (exact) mass is 678 g/mol. The first kappa shape index (κ1) is 35.3. The molecule has 0 aliphatic carbocycles. The van der Waals surface area contributed by atoms with Crippen LogP contribution in [0.1, 0.15) is 22.3 Å². The normalized spacial score (nSPS) is 16.3. The Kier molecular flexibility index (Phi) is 12.6. The van der Waals surface area contributed by atoms with Gasteiger partial charge in [0.05, 0.1) is 56.0 Å². The first-order valence-corrected chi connectivity index (χ1v) is 15.9. The molecule has 47 heavy (non-hydrogen) atoms. The zero-order valence-corrected chi connectivity index (χ0v) is 26.0. The molecule has 0 bridgehead atoms. The van der Waals surface area contributed by atoms with Crippen LogP contribution in [0.25, 0.3) is 21.5 Å². The van der Waals surface area contributed by atoms with Crippen LogP contribution in [0.15, 0.2) is 45.3 Å². The van der Waals surface area contributed by atoms with Crippen molar-refractivity contribution in [2.45, 2.75) is 29.9 Å². The van der Waals surface area contributed by atoms with Crippen molar-refractivity contribution < 1.29 is 36.1 Å². The van der Waals surface area contributed by atoms with E-state index in [9.17, 15) is 26.7 Å². The number of rotatable bonds is 18. The molecule has 1 aliphatic rings. The number of likely N-dealkylation sites (tertiary alicyclic amines) is 1. The van der Waals surface area contributed by atoms with E-state index >= 15 is 0 Å². The van der Waals surface area contributed by atoms with Crippen molar-refractivity contribution in [3.05, 3.63) is 62.4 Å². The number of nitrogen functional groups attached to an aromatic ring is 1. The minimum atomic E-state index is -4.93. The van der Waals surface area contributed by atoms with Crippen LogP contribution in [-0.4, -0.2) is 111 Å². The number of H-pyrrole nitrogens is 2. The summed E-state index contributed by atoms with van der Waals surface area (Å²) < 4.78 is 51.8. The lowest BCUT2D eigenvalue weighted by molar-refractivity contribution is -0.125. The van der Waals surface area contributed by atoms with Crippen molar-refractivity contribution in [3.63, 3.8) is 0 Å². The summed E-state index contributed by atoms with van der Waals surface area (Å²) in [5.41, 5.74) is 15.3. The largest absolute Gasteiger partial charge is 0.378 e. The van der Waals surface area contributed by atoms with E-state index in [0.29, 0.717) is 50.6 Å². The van der Waals surface area contributed by atoms with E-state index < -0.39 is 39.0 Å². The zero-order chi connectivity index (χ0) is 33.8. The van der Waals surface area contributed by atoms with Gasteiger partial charge < -0.3 is 40.5 Å². The number of carbonyl (C=O) groups is 2. The molecule has 4 rings (SSSR count). The van der Waals surface area contributed by atoms with Crippen molar-refractivity contribution >= 4 is 39.0 Å². The lowest BCUT2D eigenvalue weighted by atomic mass is 10.1. The number of fused-ring (bicyclic) bond motifs is 1. The van der Waals surface area contributed by atoms with Crippen LogP contribution in [0.2, 0.25) is 0 Å². The summed E-state index contributed by atoms with van der Waals surface area (Å²) in [6.07, 6.45) is 1.81. The number of nitrogens with one attached hydrogen (secondary N) is 4. The minimum Gasteiger partial charge on any atom is -0.378 e. The summed E-state index contributed by atoms with van der Waals surface area (Å²) in [7, 11) is -4.93. The molecular formula is C27H35FN10O8S. The number of benzene rings is 1. The standard InChI is InChI=1S/C27H35FN10O8S/c28-47(42,43)20-3-1-17(2-4-20)26(41)38-16-19(36-37-30)13-21(38)24(39)32-6-8-45-10-12-46-11-9-44-7-5-31-14-18-15-33-23-22(18)25(40)35-27(29)34-23/h1-4,15,19,21,31H,5-14,16H2,(H,32,39)(H4,29,33,34,35,40)/t19-,21-/m0/s1. The van der Waals surface area contributed by atoms with Crippen LogP contribution in [0, 0.1) is 0 Å². The topological polar surface area (TPSA) is 260 Å². The Morgan fingerprint density at radius 1 is 1.11 bits per heavy atom. The summed E-state index contributed by atoms with van der Waals surface area (Å²) >= 11 is 0. The molecule has 1 aromatic carbocycles. The summed E-state index contributed by atoms with van der Waals surface area (Å²) in [4.78, 5) is 50.9. The smallest absolute Gasteiger partial charge is 0.332 e. The van der Waals surface area contributed by atoms with Crippen LogP contribution < -0.4 is 21.9 Å². The van der Waals surface area contributed by atoms with Gasteiger partial charge in [0, 0.05) is 42.9 Å². The predicted octanol–water partition coefficient (Wildman–Crippen LogP) is 0.341. The van der Waals surface area contributed by atoms with E-state index in [-0.39, 0.29) is 49.8 Å². The Morgan fingerprint density at radius 2 is 1.77 bits per heavy atom. The Bertz CT molecular complexity index is 1740. The van der Waals surface area contributed by atoms with Crippen LogP contribution >= 0.6 is 0 Å². The maximum atomic E-state index is 13.2. The third-order valence-corrected chi connectivity index (χ3v) is 7.95. The first-order chi connectivity index (χ1) is 22.6. The third-order valence-electron chi connectivity index (χ3n) is 7.11. The molecule has 18 nitrogen and oxygen atoms in total. The van der Waals surface area contributed by atoms with Crippen molar-refractivity contribution in [3.8, 4) is 0 Å². The number of anilines is 1. The number of halogens is 1. The van der Waals surface area contributed by atoms with E-state index in [2.05, 4.69) is 35.6 Å². The average molecular weight is 679 g/mol. The van der Waals surface area contributed by atoms with Gasteiger partial charge >= 0.3 is 10.2 Å². The highest BCUT2D eigenvalue weighted by Gasteiger charge is 2.39. The van der Waals surface area contributed by atoms with E-state index in [1.807, 2.05) is 0 Å². The second kappa shape index (κ2) is 16.8. The highest BCUT2D eigenvalue weighted by molar-refractivity contribution is 7.86. The molecule has 6 N–H and O–H groups in total. The maximum absolute atomic E-state index is 13.2. The van der Waals surface area contributed by atoms with Crippen molar-refractivity contribution in [2.75, 3.05) is 65.0 Å². The predicted molar refractivity (Wildman–Crippen MR) is 165 cm³/mol. The summed E-state index contributed by atoms with van der Waals surface area (Å²) in [6.45, 7) is 3.09. The van der Waals surface area contributed by atoms with Gasteiger partial charge in [0.2, 0.25) is 11.9 Å². The highest BCUT2D eigenvalue weighted by Crippen LogP contribution is 2.24. The lowest BCUT2D eigenvalue weighted by Gasteiger charge is -2.24. The number of hydrogen-bond donors (Lipinski definition) is 5. The SMILES string of the molecule is [N-]=[N+]=N[C@H]1C[C@@H](C(=O)NCCOCCOCCOCCNCc2c[nH]c3nc(N)[nH]c(=O)c23)N(C(=O)c2ccc(S(=O)(=O)F)cc2)C1. The molecule has 2 amide bonds. The fourth-order valence-corrected chi connectivity index (χ4v) is 5.36. The summed E-state index contributed by atoms with van der Waals surface area (Å²) in [5, 5.41) is 9.98. The second-order valence-corrected chi connectivity index (χ2v) is 11.7. The molecule has 3 aromatic rings. The fraction of sp³-hybridized carbons (Fsp3) is 0.481. The molecule has 0 spiro atoms. The van der Waals surface area contributed by atoms with Gasteiger partial charge in [-0.25, -0.2) is 0 Å². The number of azide groups is 1. The van der Waals surface area contributed by atoms with Crippen LogP contribution in [0.3, 0.4) is 0 Å². The molecule has 2 atom stereocenters. The molecule has 254 valence electrons. The summed E-state index contributed by atoms with van der Waals surface area (Å²) in [5.74, 6) is -1.01. The molecule has 3 heterocycles. The summed E-state index contributed by atoms with van der Waals surface area (Å²) in [6, 6.07) is 2.66. The van der Waals surface area contributed by atoms with Gasteiger partial charge in [-0.3, -0.25) is 19.4 Å². The number of carbonyl (C=O) groups excluding carboxylic acids is 2. The number of aromatic amines is 2. The van der Waals surface area contributed by atoms with Crippen LogP contribution in [0.4, 0.5) is 9.83 Å². The van der Waals surface area contributed by atoms with Gasteiger partial charge in [-0.05, 0) is 41.8 Å². The van der Waals surface area contributed by atoms with E-state index in [1.165, 1.54) is 4.90 Å². The Balaban J connectivity index is 1.06. The van der Waals surface area contributed by atoms with Crippen molar-refractivity contribution in [2.24, 2.45) is 5.11 Å². The van der Waals surface area contributed by atoms with Crippen LogP contribution in [-0.2, 0) is 35.8 Å². The van der Waals surface area contributed by atoms with Gasteiger partial charge in [-0.2, -0.15) is 13.4 Å². The Hall–Kier alpha value is -4.59. The van der Waals surface area contributed by atoms with E-state index in [0.717, 1.165) is 29.8 Å². The van der Waals surface area contributed by atoms with Gasteiger partial charge in [0.1, 0.15) is 11.7 Å². The van der Waals surface area contributed by atoms with E-state index in [4.69, 9.17) is 25.5 Å². The quantitative estimate of drug-likeness (QED) is 0.0403. The van der Waals surface area contributed by atoms with Gasteiger partial charge in [0.25, 0.3) is 11.5 Å². The fourth-order valence-electron chi connectivity index (χ4n) is 4.90. The molecule has 1 aliphatic heterocycles. The Labute approximate surface area is 268 Å².